The normalized spacial score (nSPS) is 18.3. The molecule has 1 fully saturated rings. The quantitative estimate of drug-likeness (QED) is 0.881. The Balaban J connectivity index is 2.03. The predicted molar refractivity (Wildman–Crippen MR) is 69.5 cm³/mol. The SMILES string of the molecule is CC(O)c1cc(Cl)ccc1OCC1CCCC1. The lowest BCUT2D eigenvalue weighted by atomic mass is 10.1. The Bertz CT molecular complexity index is 370. The highest BCUT2D eigenvalue weighted by Gasteiger charge is 2.17. The van der Waals surface area contributed by atoms with E-state index in [9.17, 15) is 5.11 Å². The van der Waals surface area contributed by atoms with Crippen LogP contribution in [0.1, 0.15) is 44.3 Å². The van der Waals surface area contributed by atoms with Gasteiger partial charge in [0.1, 0.15) is 5.75 Å². The van der Waals surface area contributed by atoms with Gasteiger partial charge in [-0.2, -0.15) is 0 Å². The third-order valence-electron chi connectivity index (χ3n) is 3.37. The summed E-state index contributed by atoms with van der Waals surface area (Å²) in [5, 5.41) is 10.3. The van der Waals surface area contributed by atoms with E-state index >= 15 is 0 Å². The van der Waals surface area contributed by atoms with Gasteiger partial charge in [-0.3, -0.25) is 0 Å². The Labute approximate surface area is 108 Å². The van der Waals surface area contributed by atoms with Gasteiger partial charge in [0, 0.05) is 10.6 Å². The minimum atomic E-state index is -0.549. The number of aliphatic hydroxyl groups excluding tert-OH is 1. The molecule has 0 aromatic heterocycles. The summed E-state index contributed by atoms with van der Waals surface area (Å²) in [4.78, 5) is 0. The van der Waals surface area contributed by atoms with Gasteiger partial charge in [-0.1, -0.05) is 24.4 Å². The molecule has 1 N–H and O–H groups in total. The molecule has 1 aliphatic carbocycles. The van der Waals surface area contributed by atoms with E-state index < -0.39 is 6.10 Å². The largest absolute Gasteiger partial charge is 0.493 e. The fourth-order valence-electron chi connectivity index (χ4n) is 2.36. The molecule has 1 saturated carbocycles. The summed E-state index contributed by atoms with van der Waals surface area (Å²) in [5.41, 5.74) is 0.774. The molecule has 1 aromatic carbocycles. The van der Waals surface area contributed by atoms with Gasteiger partial charge >= 0.3 is 0 Å². The Morgan fingerprint density at radius 2 is 2.12 bits per heavy atom. The smallest absolute Gasteiger partial charge is 0.125 e. The maximum Gasteiger partial charge on any atom is 0.125 e. The van der Waals surface area contributed by atoms with Crippen LogP contribution >= 0.6 is 11.6 Å². The van der Waals surface area contributed by atoms with Crippen LogP contribution in [0, 0.1) is 5.92 Å². The lowest BCUT2D eigenvalue weighted by Gasteiger charge is -2.16. The predicted octanol–water partition coefficient (Wildman–Crippen LogP) is 3.96. The maximum absolute atomic E-state index is 9.68. The first-order chi connectivity index (χ1) is 8.16. The molecule has 0 saturated heterocycles. The number of hydrogen-bond acceptors (Lipinski definition) is 2. The summed E-state index contributed by atoms with van der Waals surface area (Å²) < 4.78 is 5.82. The summed E-state index contributed by atoms with van der Waals surface area (Å²) in [5.74, 6) is 1.43. The second-order valence-corrected chi connectivity index (χ2v) is 5.26. The first-order valence-corrected chi connectivity index (χ1v) is 6.65. The minimum absolute atomic E-state index is 0.549. The van der Waals surface area contributed by atoms with Crippen LogP contribution in [0.3, 0.4) is 0 Å². The van der Waals surface area contributed by atoms with Crippen LogP contribution in [-0.4, -0.2) is 11.7 Å². The summed E-state index contributed by atoms with van der Waals surface area (Å²) >= 11 is 5.92. The number of aliphatic hydroxyl groups is 1. The van der Waals surface area contributed by atoms with Gasteiger partial charge in [-0.05, 0) is 43.9 Å². The van der Waals surface area contributed by atoms with Crippen molar-refractivity contribution < 1.29 is 9.84 Å². The summed E-state index contributed by atoms with van der Waals surface area (Å²) in [6.07, 6.45) is 4.61. The molecule has 0 radical (unpaired) electrons. The van der Waals surface area contributed by atoms with Crippen molar-refractivity contribution in [2.45, 2.75) is 38.7 Å². The molecule has 1 unspecified atom stereocenters. The van der Waals surface area contributed by atoms with Crippen LogP contribution in [-0.2, 0) is 0 Å². The Morgan fingerprint density at radius 1 is 1.41 bits per heavy atom. The molecule has 0 aliphatic heterocycles. The van der Waals surface area contributed by atoms with Gasteiger partial charge in [0.05, 0.1) is 12.7 Å². The van der Waals surface area contributed by atoms with Crippen molar-refractivity contribution in [3.63, 3.8) is 0 Å². The van der Waals surface area contributed by atoms with Crippen molar-refractivity contribution >= 4 is 11.6 Å². The highest BCUT2D eigenvalue weighted by atomic mass is 35.5. The minimum Gasteiger partial charge on any atom is -0.493 e. The van der Waals surface area contributed by atoms with Crippen molar-refractivity contribution in [2.75, 3.05) is 6.61 Å². The molecule has 1 aliphatic rings. The molecule has 0 bridgehead atoms. The molecule has 2 nitrogen and oxygen atoms in total. The molecule has 0 heterocycles. The monoisotopic (exact) mass is 254 g/mol. The lowest BCUT2D eigenvalue weighted by Crippen LogP contribution is -2.09. The number of rotatable bonds is 4. The number of ether oxygens (including phenoxy) is 1. The second-order valence-electron chi connectivity index (χ2n) is 4.82. The fraction of sp³-hybridized carbons (Fsp3) is 0.571. The zero-order valence-corrected chi connectivity index (χ0v) is 10.9. The Kier molecular flexibility index (Phi) is 4.30. The second kappa shape index (κ2) is 5.74. The van der Waals surface area contributed by atoms with Crippen molar-refractivity contribution in [1.29, 1.82) is 0 Å². The zero-order chi connectivity index (χ0) is 12.3. The number of hydrogen-bond donors (Lipinski definition) is 1. The highest BCUT2D eigenvalue weighted by Crippen LogP contribution is 2.30. The highest BCUT2D eigenvalue weighted by molar-refractivity contribution is 6.30. The molecular weight excluding hydrogens is 236 g/mol. The first-order valence-electron chi connectivity index (χ1n) is 6.27. The van der Waals surface area contributed by atoms with Gasteiger partial charge in [0.25, 0.3) is 0 Å². The standard InChI is InChI=1S/C14H19ClO2/c1-10(16)13-8-12(15)6-7-14(13)17-9-11-4-2-3-5-11/h6-8,10-11,16H,2-5,9H2,1H3. The van der Waals surface area contributed by atoms with E-state index in [0.29, 0.717) is 10.9 Å². The van der Waals surface area contributed by atoms with Gasteiger partial charge in [-0.25, -0.2) is 0 Å². The van der Waals surface area contributed by atoms with Crippen molar-refractivity contribution in [2.24, 2.45) is 5.92 Å². The van der Waals surface area contributed by atoms with Crippen LogP contribution in [0.25, 0.3) is 0 Å². The number of benzene rings is 1. The molecule has 3 heteroatoms. The van der Waals surface area contributed by atoms with Gasteiger partial charge in [-0.15, -0.1) is 0 Å². The molecule has 17 heavy (non-hydrogen) atoms. The average Bonchev–Trinajstić information content (AvgIpc) is 2.80. The molecular formula is C14H19ClO2. The first kappa shape index (κ1) is 12.7. The molecule has 0 spiro atoms. The summed E-state index contributed by atoms with van der Waals surface area (Å²) in [6, 6.07) is 5.42. The van der Waals surface area contributed by atoms with Crippen LogP contribution in [0.4, 0.5) is 0 Å². The fourth-order valence-corrected chi connectivity index (χ4v) is 2.54. The topological polar surface area (TPSA) is 29.5 Å². The van der Waals surface area contributed by atoms with Gasteiger partial charge < -0.3 is 9.84 Å². The number of halogens is 1. The van der Waals surface area contributed by atoms with Crippen LogP contribution < -0.4 is 4.74 Å². The van der Waals surface area contributed by atoms with E-state index in [0.717, 1.165) is 17.9 Å². The van der Waals surface area contributed by atoms with E-state index in [2.05, 4.69) is 0 Å². The lowest BCUT2D eigenvalue weighted by molar-refractivity contribution is 0.186. The van der Waals surface area contributed by atoms with E-state index in [1.165, 1.54) is 25.7 Å². The van der Waals surface area contributed by atoms with Crippen LogP contribution in [0.5, 0.6) is 5.75 Å². The third kappa shape index (κ3) is 3.36. The molecule has 2 rings (SSSR count). The van der Waals surface area contributed by atoms with Gasteiger partial charge in [0.15, 0.2) is 0 Å². The van der Waals surface area contributed by atoms with E-state index in [4.69, 9.17) is 16.3 Å². The van der Waals surface area contributed by atoms with Crippen molar-refractivity contribution in [1.82, 2.24) is 0 Å². The molecule has 94 valence electrons. The summed E-state index contributed by atoms with van der Waals surface area (Å²) in [6.45, 7) is 2.48. The third-order valence-corrected chi connectivity index (χ3v) is 3.61. The van der Waals surface area contributed by atoms with Crippen LogP contribution in [0.15, 0.2) is 18.2 Å². The van der Waals surface area contributed by atoms with Gasteiger partial charge in [0.2, 0.25) is 0 Å². The van der Waals surface area contributed by atoms with E-state index in [1.807, 2.05) is 6.07 Å². The Morgan fingerprint density at radius 3 is 2.76 bits per heavy atom. The van der Waals surface area contributed by atoms with Crippen molar-refractivity contribution in [3.05, 3.63) is 28.8 Å². The van der Waals surface area contributed by atoms with Crippen molar-refractivity contribution in [3.8, 4) is 5.75 Å². The molecule has 1 aromatic rings. The molecule has 1 atom stereocenters. The zero-order valence-electron chi connectivity index (χ0n) is 10.2. The Hall–Kier alpha value is -0.730. The van der Waals surface area contributed by atoms with Crippen LogP contribution in [0.2, 0.25) is 5.02 Å². The van der Waals surface area contributed by atoms with E-state index in [-0.39, 0.29) is 0 Å². The maximum atomic E-state index is 9.68. The van der Waals surface area contributed by atoms with E-state index in [1.54, 1.807) is 19.1 Å². The molecule has 0 amide bonds. The average molecular weight is 255 g/mol. The summed E-state index contributed by atoms with van der Waals surface area (Å²) in [7, 11) is 0.